The molecule has 3 nitrogen and oxygen atoms in total. The van der Waals surface area contributed by atoms with Crippen LogP contribution in [0.5, 0.6) is 0 Å². The highest BCUT2D eigenvalue weighted by molar-refractivity contribution is 5.42. The Bertz CT molecular complexity index is 462. The first kappa shape index (κ1) is 14.8. The molecular formula is C17H24FNO2. The van der Waals surface area contributed by atoms with Crippen molar-refractivity contribution in [3.8, 4) is 0 Å². The van der Waals surface area contributed by atoms with Gasteiger partial charge in [-0.2, -0.15) is 0 Å². The summed E-state index contributed by atoms with van der Waals surface area (Å²) in [4.78, 5) is 0. The summed E-state index contributed by atoms with van der Waals surface area (Å²) in [5, 5.41) is 13.4. The fraction of sp³-hybridized carbons (Fsp3) is 0.647. The van der Waals surface area contributed by atoms with Gasteiger partial charge in [-0.15, -0.1) is 0 Å². The Labute approximate surface area is 125 Å². The standard InChI is InChI=1S/C17H24FNO2/c18-15-4-6-16(7-5-15)19-9-14-11-21-10-13-3-1-2-8-17(13,14)12-20/h4-7,13-14,19-20H,1-3,8-12H2. The number of hydrogen-bond acceptors (Lipinski definition) is 3. The second kappa shape index (κ2) is 6.32. The van der Waals surface area contributed by atoms with Crippen LogP contribution in [-0.2, 0) is 4.74 Å². The highest BCUT2D eigenvalue weighted by Crippen LogP contribution is 2.49. The summed E-state index contributed by atoms with van der Waals surface area (Å²) in [5.41, 5.74) is 0.922. The van der Waals surface area contributed by atoms with E-state index in [9.17, 15) is 9.50 Å². The molecule has 0 radical (unpaired) electrons. The van der Waals surface area contributed by atoms with E-state index in [1.807, 2.05) is 0 Å². The lowest BCUT2D eigenvalue weighted by Gasteiger charge is -2.51. The summed E-state index contributed by atoms with van der Waals surface area (Å²) in [6.07, 6.45) is 4.69. The number of nitrogens with one attached hydrogen (secondary N) is 1. The predicted molar refractivity (Wildman–Crippen MR) is 80.7 cm³/mol. The largest absolute Gasteiger partial charge is 0.396 e. The van der Waals surface area contributed by atoms with Gasteiger partial charge in [0.05, 0.1) is 13.2 Å². The zero-order valence-electron chi connectivity index (χ0n) is 12.4. The lowest BCUT2D eigenvalue weighted by atomic mass is 9.59. The van der Waals surface area contributed by atoms with Crippen LogP contribution in [0.4, 0.5) is 10.1 Å². The fourth-order valence-electron chi connectivity index (χ4n) is 4.05. The van der Waals surface area contributed by atoms with Gasteiger partial charge < -0.3 is 15.2 Å². The minimum Gasteiger partial charge on any atom is -0.396 e. The average Bonchev–Trinajstić information content (AvgIpc) is 2.54. The van der Waals surface area contributed by atoms with Gasteiger partial charge in [-0.25, -0.2) is 4.39 Å². The van der Waals surface area contributed by atoms with E-state index in [0.717, 1.165) is 31.7 Å². The van der Waals surface area contributed by atoms with E-state index >= 15 is 0 Å². The number of rotatable bonds is 4. The van der Waals surface area contributed by atoms with Crippen molar-refractivity contribution in [1.29, 1.82) is 0 Å². The first-order chi connectivity index (χ1) is 10.2. The van der Waals surface area contributed by atoms with Gasteiger partial charge in [0, 0.05) is 30.2 Å². The molecule has 1 saturated heterocycles. The highest BCUT2D eigenvalue weighted by atomic mass is 19.1. The molecule has 2 aliphatic rings. The monoisotopic (exact) mass is 293 g/mol. The number of halogens is 1. The number of aliphatic hydroxyl groups is 1. The molecule has 3 unspecified atom stereocenters. The summed E-state index contributed by atoms with van der Waals surface area (Å²) in [7, 11) is 0. The second-order valence-corrected chi connectivity index (χ2v) is 6.46. The minimum absolute atomic E-state index is 0.00350. The van der Waals surface area contributed by atoms with Gasteiger partial charge in [0.1, 0.15) is 5.82 Å². The third kappa shape index (κ3) is 2.92. The molecular weight excluding hydrogens is 269 g/mol. The van der Waals surface area contributed by atoms with Crippen molar-refractivity contribution in [2.24, 2.45) is 17.3 Å². The molecule has 3 atom stereocenters. The van der Waals surface area contributed by atoms with Gasteiger partial charge in [-0.1, -0.05) is 12.8 Å². The van der Waals surface area contributed by atoms with E-state index in [2.05, 4.69) is 5.32 Å². The molecule has 21 heavy (non-hydrogen) atoms. The van der Waals surface area contributed by atoms with Crippen molar-refractivity contribution in [3.63, 3.8) is 0 Å². The molecule has 3 rings (SSSR count). The van der Waals surface area contributed by atoms with Crippen LogP contribution in [0.15, 0.2) is 24.3 Å². The lowest BCUT2D eigenvalue weighted by Crippen LogP contribution is -2.52. The molecule has 1 aliphatic heterocycles. The Morgan fingerprint density at radius 3 is 2.81 bits per heavy atom. The number of anilines is 1. The summed E-state index contributed by atoms with van der Waals surface area (Å²) in [6.45, 7) is 2.50. The van der Waals surface area contributed by atoms with E-state index < -0.39 is 0 Å². The molecule has 0 amide bonds. The van der Waals surface area contributed by atoms with Crippen LogP contribution in [0.25, 0.3) is 0 Å². The summed E-state index contributed by atoms with van der Waals surface area (Å²) >= 11 is 0. The van der Waals surface area contributed by atoms with Gasteiger partial charge in [-0.3, -0.25) is 0 Å². The molecule has 0 aromatic heterocycles. The first-order valence-corrected chi connectivity index (χ1v) is 7.92. The lowest BCUT2D eigenvalue weighted by molar-refractivity contribution is -0.129. The smallest absolute Gasteiger partial charge is 0.123 e. The van der Waals surface area contributed by atoms with E-state index in [4.69, 9.17) is 4.74 Å². The summed E-state index contributed by atoms with van der Waals surface area (Å²) < 4.78 is 18.7. The normalized spacial score (nSPS) is 32.5. The van der Waals surface area contributed by atoms with Crippen molar-refractivity contribution in [2.45, 2.75) is 25.7 Å². The van der Waals surface area contributed by atoms with Crippen molar-refractivity contribution >= 4 is 5.69 Å². The molecule has 1 aliphatic carbocycles. The van der Waals surface area contributed by atoms with Gasteiger partial charge in [-0.05, 0) is 43.0 Å². The van der Waals surface area contributed by atoms with Crippen molar-refractivity contribution in [1.82, 2.24) is 0 Å². The maximum Gasteiger partial charge on any atom is 0.123 e. The molecule has 1 heterocycles. The predicted octanol–water partition coefficient (Wildman–Crippen LogP) is 3.05. The van der Waals surface area contributed by atoms with Gasteiger partial charge in [0.25, 0.3) is 0 Å². The maximum absolute atomic E-state index is 12.9. The summed E-state index contributed by atoms with van der Waals surface area (Å²) in [6, 6.07) is 6.43. The van der Waals surface area contributed by atoms with E-state index in [0.29, 0.717) is 18.4 Å². The molecule has 1 aromatic rings. The number of hydrogen-bond donors (Lipinski definition) is 2. The fourth-order valence-corrected chi connectivity index (χ4v) is 4.05. The molecule has 116 valence electrons. The Morgan fingerprint density at radius 1 is 1.24 bits per heavy atom. The Balaban J connectivity index is 1.69. The Morgan fingerprint density at radius 2 is 2.05 bits per heavy atom. The molecule has 0 bridgehead atoms. The van der Waals surface area contributed by atoms with Crippen LogP contribution in [0.2, 0.25) is 0 Å². The average molecular weight is 293 g/mol. The van der Waals surface area contributed by atoms with Gasteiger partial charge in [0.2, 0.25) is 0 Å². The van der Waals surface area contributed by atoms with Crippen molar-refractivity contribution in [2.75, 3.05) is 31.7 Å². The number of ether oxygens (including phenoxy) is 1. The topological polar surface area (TPSA) is 41.5 Å². The molecule has 4 heteroatoms. The zero-order chi connectivity index (χ0) is 14.7. The van der Waals surface area contributed by atoms with Crippen LogP contribution in [-0.4, -0.2) is 31.5 Å². The molecule has 1 aromatic carbocycles. The molecule has 2 fully saturated rings. The third-order valence-electron chi connectivity index (χ3n) is 5.40. The Kier molecular flexibility index (Phi) is 4.45. The molecule has 1 saturated carbocycles. The van der Waals surface area contributed by atoms with E-state index in [1.165, 1.54) is 25.0 Å². The first-order valence-electron chi connectivity index (χ1n) is 7.92. The molecule has 0 spiro atoms. The van der Waals surface area contributed by atoms with Gasteiger partial charge >= 0.3 is 0 Å². The van der Waals surface area contributed by atoms with Crippen LogP contribution < -0.4 is 5.32 Å². The SMILES string of the molecule is OCC12CCCCC1COCC2CNc1ccc(F)cc1. The van der Waals surface area contributed by atoms with E-state index in [-0.39, 0.29) is 17.8 Å². The van der Waals surface area contributed by atoms with Crippen molar-refractivity contribution < 1.29 is 14.2 Å². The number of fused-ring (bicyclic) bond motifs is 1. The quantitative estimate of drug-likeness (QED) is 0.896. The summed E-state index contributed by atoms with van der Waals surface area (Å²) in [5.74, 6) is 0.567. The highest BCUT2D eigenvalue weighted by Gasteiger charge is 2.48. The number of benzene rings is 1. The minimum atomic E-state index is -0.222. The number of aliphatic hydroxyl groups excluding tert-OH is 1. The van der Waals surface area contributed by atoms with Gasteiger partial charge in [0.15, 0.2) is 0 Å². The van der Waals surface area contributed by atoms with Crippen LogP contribution in [0.1, 0.15) is 25.7 Å². The van der Waals surface area contributed by atoms with E-state index in [1.54, 1.807) is 12.1 Å². The van der Waals surface area contributed by atoms with Crippen LogP contribution in [0.3, 0.4) is 0 Å². The van der Waals surface area contributed by atoms with Crippen LogP contribution in [0, 0.1) is 23.1 Å². The Hall–Kier alpha value is -1.13. The molecule has 2 N–H and O–H groups in total. The third-order valence-corrected chi connectivity index (χ3v) is 5.40. The van der Waals surface area contributed by atoms with Crippen LogP contribution >= 0.6 is 0 Å². The maximum atomic E-state index is 12.9. The second-order valence-electron chi connectivity index (χ2n) is 6.46. The zero-order valence-corrected chi connectivity index (χ0v) is 12.4. The van der Waals surface area contributed by atoms with Crippen molar-refractivity contribution in [3.05, 3.63) is 30.1 Å².